The Kier molecular flexibility index (Phi) is 21.4. The van der Waals surface area contributed by atoms with Crippen LogP contribution in [0.5, 0.6) is 0 Å². The zero-order chi connectivity index (χ0) is 65.8. The van der Waals surface area contributed by atoms with E-state index < -0.39 is 55.8 Å². The van der Waals surface area contributed by atoms with Crippen LogP contribution in [-0.4, -0.2) is 96.3 Å². The van der Waals surface area contributed by atoms with Crippen LogP contribution in [-0.2, 0) is 52.9 Å². The molecule has 30 heteroatoms. The first-order chi connectivity index (χ1) is 42.7. The second-order valence-electron chi connectivity index (χ2n) is 25.1. The number of hydrogen-bond acceptors (Lipinski definition) is 19. The number of aromatic nitrogens is 10. The molecule has 0 aliphatic heterocycles. The average Bonchev–Trinajstić information content (AvgIpc) is 1.65. The number of sulfone groups is 1. The smallest absolute Gasteiger partial charge is 0.424 e. The third kappa shape index (κ3) is 15.5. The van der Waals surface area contributed by atoms with E-state index in [0.29, 0.717) is 64.3 Å². The molecule has 2 atom stereocenters. The van der Waals surface area contributed by atoms with E-state index >= 15 is 0 Å². The number of nitrogens with zero attached hydrogens (tertiary/aromatic N) is 12. The topological polar surface area (TPSA) is 253 Å². The fraction of sp³-hybridized carbons (Fsp3) is 0.397. The van der Waals surface area contributed by atoms with E-state index in [2.05, 4.69) is 100 Å². The van der Waals surface area contributed by atoms with Gasteiger partial charge in [0.15, 0.2) is 20.9 Å². The van der Waals surface area contributed by atoms with Crippen LogP contribution in [0.25, 0.3) is 42.2 Å². The Morgan fingerprint density at radius 1 is 0.667 bits per heavy atom. The zero-order valence-corrected chi connectivity index (χ0v) is 58.2. The first kappa shape index (κ1) is 72.1. The van der Waals surface area contributed by atoms with E-state index in [4.69, 9.17) is 8.42 Å². The van der Waals surface area contributed by atoms with Gasteiger partial charge in [-0.25, -0.2) is 27.7 Å². The molecule has 0 amide bonds. The Balaban J connectivity index is 0.000000222. The van der Waals surface area contributed by atoms with Gasteiger partial charge in [0.2, 0.25) is 0 Å². The summed E-state index contributed by atoms with van der Waals surface area (Å²) in [5.41, 5.74) is 7.55. The molecule has 18 nitrogen and oxygen atoms in total. The Bertz CT molecular complexity index is 4700. The molecule has 2 aliphatic rings. The molecule has 484 valence electrons. The van der Waals surface area contributed by atoms with Crippen molar-refractivity contribution >= 4 is 113 Å². The van der Waals surface area contributed by atoms with Gasteiger partial charge in [0.25, 0.3) is 0 Å². The van der Waals surface area contributed by atoms with E-state index in [1.165, 1.54) is 41.3 Å². The molecule has 4 aromatic carbocycles. The number of nitrogens with one attached hydrogen (secondary N) is 2. The Morgan fingerprint density at radius 3 is 1.44 bits per heavy atom. The number of thiazole rings is 2. The van der Waals surface area contributed by atoms with Crippen LogP contribution in [0.15, 0.2) is 106 Å². The number of benzene rings is 4. The van der Waals surface area contributed by atoms with Crippen LogP contribution in [0.2, 0.25) is 0 Å². The van der Waals surface area contributed by atoms with Crippen molar-refractivity contribution in [1.82, 2.24) is 49.9 Å². The molecule has 0 unspecified atom stereocenters. The number of alkyl halides is 6. The van der Waals surface area contributed by atoms with Crippen LogP contribution in [0.4, 0.5) is 37.7 Å². The quantitative estimate of drug-likeness (QED) is 0.0550. The molecule has 0 saturated heterocycles. The standard InChI is InChI=1S/C31H30F3N7O2S2.C30H27BrF3N7S.CH3O2S.CH4.Na/c1-29(2,3)16-37-26-19(13-35)14-36-27-22(26)11-18(12-25(27)45(4,42)43)10-21(20-6-5-7-23-28(20)44-17-38-23)24-15-41(40-39-24)30(8-9-30)31(32,33)34;1-28(2,3)15-37-25-18(12-35)13-36-26-21(25)10-17(11-22(26)31)9-20(19-5-4-6-23-27(19)42-16-38-23)24-14-41(40-39-24)29(7-8-29)30(32,33)34;1-4(2)3;;/h5-7,11-12,14-15,17,21H,8-10,16H2,1-4H3,(H,36,37);4-6,10-11,13-14,16,20H,7-9,15H2,1-3H3,(H,36,37);1H3;1H4;/q;;-1;;+1/t21-;20-;;;/m00.../s1. The molecule has 6 heterocycles. The molecule has 0 radical (unpaired) electrons. The number of anilines is 2. The first-order valence-electron chi connectivity index (χ1n) is 28.4. The van der Waals surface area contributed by atoms with Gasteiger partial charge >= 0.3 is 41.9 Å². The second-order valence-corrected chi connectivity index (χ2v) is 30.5. The second kappa shape index (κ2) is 27.6. The van der Waals surface area contributed by atoms with Gasteiger partial charge in [-0.05, 0) is 124 Å². The third-order valence-electron chi connectivity index (χ3n) is 15.7. The number of hydrogen-bond donors (Lipinski definition) is 2. The molecule has 2 fully saturated rings. The number of pyridine rings is 2. The molecule has 6 aromatic heterocycles. The maximum Gasteiger partial charge on any atom is 1.00 e. The van der Waals surface area contributed by atoms with Crippen LogP contribution in [0, 0.1) is 33.5 Å². The molecular formula is C63H64BrF6N14NaO4S4. The van der Waals surface area contributed by atoms with Crippen molar-refractivity contribution in [3.05, 3.63) is 146 Å². The summed E-state index contributed by atoms with van der Waals surface area (Å²) in [7, 11) is -5.65. The molecule has 2 N–H and O–H groups in total. The minimum Gasteiger partial charge on any atom is -0.424 e. The van der Waals surface area contributed by atoms with E-state index in [9.17, 15) is 45.3 Å². The van der Waals surface area contributed by atoms with Crippen LogP contribution < -0.4 is 40.2 Å². The Morgan fingerprint density at radius 2 is 1.06 bits per heavy atom. The van der Waals surface area contributed by atoms with Gasteiger partial charge in [0.05, 0.1) is 93.7 Å². The predicted molar refractivity (Wildman–Crippen MR) is 348 cm³/mol. The van der Waals surface area contributed by atoms with Crippen LogP contribution >= 0.6 is 38.6 Å². The monoisotopic (exact) mass is 1420 g/mol. The minimum atomic E-state index is -4.48. The predicted octanol–water partition coefficient (Wildman–Crippen LogP) is 12.1. The maximum atomic E-state index is 14.0. The van der Waals surface area contributed by atoms with Crippen molar-refractivity contribution in [3.8, 4) is 12.1 Å². The van der Waals surface area contributed by atoms with Crippen molar-refractivity contribution in [2.75, 3.05) is 36.2 Å². The van der Waals surface area contributed by atoms with Crippen molar-refractivity contribution in [2.24, 2.45) is 10.8 Å². The van der Waals surface area contributed by atoms with Crippen molar-refractivity contribution < 1.29 is 72.7 Å². The third-order valence-corrected chi connectivity index (χ3v) is 19.2. The molecule has 2 saturated carbocycles. The summed E-state index contributed by atoms with van der Waals surface area (Å²) >= 11 is 6.57. The van der Waals surface area contributed by atoms with Gasteiger partial charge < -0.3 is 19.1 Å². The fourth-order valence-corrected chi connectivity index (χ4v) is 14.0. The van der Waals surface area contributed by atoms with E-state index in [1.54, 1.807) is 29.4 Å². The summed E-state index contributed by atoms with van der Waals surface area (Å²) in [4.78, 5) is 17.8. The maximum absolute atomic E-state index is 14.0. The summed E-state index contributed by atoms with van der Waals surface area (Å²) in [6.07, 6.45) is -0.518. The van der Waals surface area contributed by atoms with Crippen molar-refractivity contribution in [2.45, 2.75) is 128 Å². The number of nitriles is 2. The minimum absolute atomic E-state index is 0. The molecule has 0 spiro atoms. The zero-order valence-electron chi connectivity index (χ0n) is 51.3. The molecule has 10 aromatic rings. The molecule has 93 heavy (non-hydrogen) atoms. The summed E-state index contributed by atoms with van der Waals surface area (Å²) < 4.78 is 132. The van der Waals surface area contributed by atoms with Crippen LogP contribution in [0.1, 0.15) is 131 Å². The summed E-state index contributed by atoms with van der Waals surface area (Å²) in [5, 5.41) is 44.3. The van der Waals surface area contributed by atoms with Gasteiger partial charge in [-0.1, -0.05) is 101 Å². The summed E-state index contributed by atoms with van der Waals surface area (Å²) in [6.45, 7) is 13.6. The molecule has 0 bridgehead atoms. The summed E-state index contributed by atoms with van der Waals surface area (Å²) in [5.74, 6) is -0.982. The Hall–Kier alpha value is -6.70. The van der Waals surface area contributed by atoms with Gasteiger partial charge in [-0.3, -0.25) is 9.97 Å². The van der Waals surface area contributed by atoms with E-state index in [-0.39, 0.29) is 95.9 Å². The first-order valence-corrected chi connectivity index (χ1v) is 34.4. The summed E-state index contributed by atoms with van der Waals surface area (Å²) in [6, 6.07) is 23.1. The normalized spacial score (nSPS) is 15.0. The van der Waals surface area contributed by atoms with E-state index in [1.807, 2.05) is 69.3 Å². The SMILES string of the molecule is C.CC(C)(C)CNc1c(C#N)cnc2c(Br)cc(C[C@H](c3cn(C4(C(F)(F)F)CC4)nn3)c3cccc4ncsc34)cc12.CC(C)(C)CNc1c(C#N)cnc2c(S(C)(=O)=O)cc(C[C@H](c3cn(C4(C(F)(F)F)CC4)nn3)c3cccc4ncsc34)cc12.C[S-](=O)=O.[Na+]. The molecule has 12 rings (SSSR count). The van der Waals surface area contributed by atoms with Gasteiger partial charge in [-0.2, -0.15) is 36.9 Å². The number of halogens is 7. The largest absolute Gasteiger partial charge is 1.00 e. The fourth-order valence-electron chi connectivity index (χ4n) is 10.8. The van der Waals surface area contributed by atoms with Gasteiger partial charge in [-0.15, -0.1) is 32.9 Å². The molecule has 2 aliphatic carbocycles. The van der Waals surface area contributed by atoms with Crippen LogP contribution in [0.3, 0.4) is 0 Å². The van der Waals surface area contributed by atoms with E-state index in [0.717, 1.165) is 68.9 Å². The number of rotatable bonds is 15. The Labute approximate surface area is 573 Å². The van der Waals surface area contributed by atoms with Crippen molar-refractivity contribution in [3.63, 3.8) is 0 Å². The van der Waals surface area contributed by atoms with Crippen molar-refractivity contribution in [1.29, 1.82) is 10.5 Å². The number of fused-ring (bicyclic) bond motifs is 4. The van der Waals surface area contributed by atoms with Gasteiger partial charge in [0, 0.05) is 58.8 Å². The molecular weight excluding hydrogens is 1360 g/mol. The van der Waals surface area contributed by atoms with Gasteiger partial charge in [0.1, 0.15) is 12.1 Å². The average molecular weight is 1430 g/mol.